The van der Waals surface area contributed by atoms with Gasteiger partial charge in [0.1, 0.15) is 6.07 Å². The Labute approximate surface area is 104 Å². The quantitative estimate of drug-likeness (QED) is 0.827. The number of carbonyl (C=O) groups is 1. The van der Waals surface area contributed by atoms with Gasteiger partial charge in [-0.2, -0.15) is 18.4 Å². The van der Waals surface area contributed by atoms with Crippen LogP contribution in [0.3, 0.4) is 0 Å². The fourth-order valence-electron chi connectivity index (χ4n) is 1.32. The molecule has 0 saturated heterocycles. The van der Waals surface area contributed by atoms with Crippen LogP contribution in [0, 0.1) is 11.3 Å². The number of nitrogens with two attached hydrogens (primary N) is 1. The van der Waals surface area contributed by atoms with Crippen molar-refractivity contribution in [3.8, 4) is 6.07 Å². The van der Waals surface area contributed by atoms with Gasteiger partial charge in [0, 0.05) is 11.4 Å². The summed E-state index contributed by atoms with van der Waals surface area (Å²) in [6.45, 7) is -0.246. The third kappa shape index (κ3) is 3.15. The van der Waals surface area contributed by atoms with Crippen LogP contribution in [0.4, 0.5) is 13.2 Å². The molecule has 4 nitrogen and oxygen atoms in total. The molecule has 0 heterocycles. The molecule has 0 aliphatic carbocycles. The maximum atomic E-state index is 12.4. The number of rotatable bonds is 3. The molecule has 0 aliphatic heterocycles. The fourth-order valence-corrected chi connectivity index (χ4v) is 2.14. The third-order valence-electron chi connectivity index (χ3n) is 2.01. The van der Waals surface area contributed by atoms with Crippen LogP contribution in [0.2, 0.25) is 0 Å². The normalized spacial score (nSPS) is 11.1. The molecule has 0 aromatic heterocycles. The van der Waals surface area contributed by atoms with Gasteiger partial charge in [0.05, 0.1) is 11.1 Å². The second-order valence-corrected chi connectivity index (χ2v) is 4.22. The van der Waals surface area contributed by atoms with Gasteiger partial charge < -0.3 is 10.8 Å². The molecule has 1 aromatic carbocycles. The highest BCUT2D eigenvalue weighted by molar-refractivity contribution is 8.00. The highest BCUT2D eigenvalue weighted by Gasteiger charge is 2.33. The average molecular weight is 276 g/mol. The summed E-state index contributed by atoms with van der Waals surface area (Å²) >= 11 is -0.576. The number of halogens is 3. The number of benzene rings is 1. The molecule has 96 valence electrons. The van der Waals surface area contributed by atoms with Crippen molar-refractivity contribution in [2.45, 2.75) is 16.9 Å². The predicted molar refractivity (Wildman–Crippen MR) is 57.9 cm³/mol. The van der Waals surface area contributed by atoms with Crippen molar-refractivity contribution in [2.24, 2.45) is 5.73 Å². The second kappa shape index (κ2) is 5.29. The minimum atomic E-state index is -4.65. The van der Waals surface area contributed by atoms with E-state index in [1.807, 2.05) is 0 Å². The Bertz CT molecular complexity index is 523. The summed E-state index contributed by atoms with van der Waals surface area (Å²) in [4.78, 5) is 10.5. The lowest BCUT2D eigenvalue weighted by atomic mass is 10.0. The largest absolute Gasteiger partial charge is 0.478 e. The smallest absolute Gasteiger partial charge is 0.446 e. The zero-order chi connectivity index (χ0) is 13.9. The van der Waals surface area contributed by atoms with Gasteiger partial charge >= 0.3 is 11.5 Å². The number of hydrogen-bond donors (Lipinski definition) is 2. The highest BCUT2D eigenvalue weighted by atomic mass is 32.2. The number of aromatic carboxylic acids is 1. The van der Waals surface area contributed by atoms with E-state index in [0.29, 0.717) is 0 Å². The van der Waals surface area contributed by atoms with E-state index in [2.05, 4.69) is 0 Å². The Morgan fingerprint density at radius 2 is 2.11 bits per heavy atom. The molecule has 8 heteroatoms. The maximum absolute atomic E-state index is 12.4. The molecule has 18 heavy (non-hydrogen) atoms. The molecule has 0 atom stereocenters. The van der Waals surface area contributed by atoms with Gasteiger partial charge in [0.25, 0.3) is 0 Å². The Kier molecular flexibility index (Phi) is 4.21. The lowest BCUT2D eigenvalue weighted by Crippen LogP contribution is -2.11. The summed E-state index contributed by atoms with van der Waals surface area (Å²) in [6.07, 6.45) is 0. The van der Waals surface area contributed by atoms with E-state index in [1.54, 1.807) is 6.07 Å². The SMILES string of the molecule is N#Cc1ccc(CN)c(SC(F)(F)F)c1C(=O)O. The molecular formula is C10H7F3N2O2S. The molecule has 1 aromatic rings. The number of carboxylic acids is 1. The van der Waals surface area contributed by atoms with Gasteiger partial charge in [-0.1, -0.05) is 6.07 Å². The van der Waals surface area contributed by atoms with E-state index in [0.717, 1.165) is 6.07 Å². The Morgan fingerprint density at radius 1 is 1.50 bits per heavy atom. The summed E-state index contributed by atoms with van der Waals surface area (Å²) in [7, 11) is 0. The van der Waals surface area contributed by atoms with Crippen LogP contribution < -0.4 is 5.73 Å². The molecule has 0 aliphatic rings. The lowest BCUT2D eigenvalue weighted by molar-refractivity contribution is -0.0328. The van der Waals surface area contributed by atoms with E-state index in [9.17, 15) is 18.0 Å². The first kappa shape index (κ1) is 14.3. The average Bonchev–Trinajstić information content (AvgIpc) is 2.25. The molecule has 0 saturated carbocycles. The van der Waals surface area contributed by atoms with E-state index in [-0.39, 0.29) is 17.7 Å². The van der Waals surface area contributed by atoms with Crippen molar-refractivity contribution in [1.82, 2.24) is 0 Å². The molecule has 3 N–H and O–H groups in total. The fraction of sp³-hybridized carbons (Fsp3) is 0.200. The van der Waals surface area contributed by atoms with Crippen molar-refractivity contribution in [3.05, 3.63) is 28.8 Å². The third-order valence-corrected chi connectivity index (χ3v) is 2.91. The molecule has 0 amide bonds. The van der Waals surface area contributed by atoms with Gasteiger partial charge in [0.15, 0.2) is 0 Å². The Hall–Kier alpha value is -1.72. The summed E-state index contributed by atoms with van der Waals surface area (Å²) in [5.41, 5.74) is -0.333. The molecule has 1 rings (SSSR count). The van der Waals surface area contributed by atoms with E-state index in [4.69, 9.17) is 16.1 Å². The first-order valence-corrected chi connectivity index (χ1v) is 5.37. The summed E-state index contributed by atoms with van der Waals surface area (Å²) in [6, 6.07) is 3.92. The second-order valence-electron chi connectivity index (χ2n) is 3.15. The minimum absolute atomic E-state index is 0.0359. The van der Waals surface area contributed by atoms with Crippen LogP contribution >= 0.6 is 11.8 Å². The molecular weight excluding hydrogens is 269 g/mol. The summed E-state index contributed by atoms with van der Waals surface area (Å²) in [5.74, 6) is -1.59. The number of carboxylic acid groups (broad SMARTS) is 1. The maximum Gasteiger partial charge on any atom is 0.446 e. The number of hydrogen-bond acceptors (Lipinski definition) is 4. The first-order valence-electron chi connectivity index (χ1n) is 4.55. The van der Waals surface area contributed by atoms with Gasteiger partial charge in [0.2, 0.25) is 0 Å². The van der Waals surface area contributed by atoms with Crippen LogP contribution in [0.1, 0.15) is 21.5 Å². The van der Waals surface area contributed by atoms with Crippen molar-refractivity contribution in [2.75, 3.05) is 0 Å². The minimum Gasteiger partial charge on any atom is -0.478 e. The highest BCUT2D eigenvalue weighted by Crippen LogP contribution is 2.41. The number of nitrogens with zero attached hydrogens (tertiary/aromatic N) is 1. The summed E-state index contributed by atoms with van der Waals surface area (Å²) < 4.78 is 37.1. The molecule has 0 bridgehead atoms. The zero-order valence-corrected chi connectivity index (χ0v) is 9.60. The van der Waals surface area contributed by atoms with Crippen molar-refractivity contribution >= 4 is 17.7 Å². The molecule has 0 spiro atoms. The topological polar surface area (TPSA) is 87.1 Å². The van der Waals surface area contributed by atoms with Crippen LogP contribution in [-0.2, 0) is 6.54 Å². The van der Waals surface area contributed by atoms with E-state index < -0.39 is 33.7 Å². The number of alkyl halides is 3. The summed E-state index contributed by atoms with van der Waals surface area (Å²) in [5, 5.41) is 17.6. The van der Waals surface area contributed by atoms with Crippen LogP contribution in [0.25, 0.3) is 0 Å². The van der Waals surface area contributed by atoms with E-state index in [1.165, 1.54) is 6.07 Å². The van der Waals surface area contributed by atoms with Crippen LogP contribution in [0.5, 0.6) is 0 Å². The zero-order valence-electron chi connectivity index (χ0n) is 8.78. The van der Waals surface area contributed by atoms with Crippen molar-refractivity contribution in [1.29, 1.82) is 5.26 Å². The molecule has 0 unspecified atom stereocenters. The van der Waals surface area contributed by atoms with Gasteiger partial charge in [-0.25, -0.2) is 4.79 Å². The van der Waals surface area contributed by atoms with Crippen LogP contribution in [0.15, 0.2) is 17.0 Å². The van der Waals surface area contributed by atoms with Crippen molar-refractivity contribution in [3.63, 3.8) is 0 Å². The first-order chi connectivity index (χ1) is 8.30. The molecule has 0 radical (unpaired) electrons. The molecule has 0 fully saturated rings. The van der Waals surface area contributed by atoms with Gasteiger partial charge in [-0.05, 0) is 23.4 Å². The van der Waals surface area contributed by atoms with Gasteiger partial charge in [-0.15, -0.1) is 0 Å². The monoisotopic (exact) mass is 276 g/mol. The Morgan fingerprint density at radius 3 is 2.50 bits per heavy atom. The lowest BCUT2D eigenvalue weighted by Gasteiger charge is -2.13. The predicted octanol–water partition coefficient (Wildman–Crippen LogP) is 2.33. The van der Waals surface area contributed by atoms with Crippen molar-refractivity contribution < 1.29 is 23.1 Å². The van der Waals surface area contributed by atoms with Crippen LogP contribution in [-0.4, -0.2) is 16.6 Å². The number of nitriles is 1. The van der Waals surface area contributed by atoms with Gasteiger partial charge in [-0.3, -0.25) is 0 Å². The standard InChI is InChI=1S/C10H7F3N2O2S/c11-10(12,13)18-8-6(4-15)2-1-5(3-14)7(8)9(16)17/h1-2H,4,15H2,(H,16,17). The Balaban J connectivity index is 3.52. The number of thioether (sulfide) groups is 1. The van der Waals surface area contributed by atoms with E-state index >= 15 is 0 Å².